The molecule has 3 aromatic rings. The number of hydrogen-bond donors (Lipinski definition) is 1. The molecule has 4 heteroatoms. The van der Waals surface area contributed by atoms with Crippen LogP contribution in [0.2, 0.25) is 0 Å². The summed E-state index contributed by atoms with van der Waals surface area (Å²) in [4.78, 5) is 0. The summed E-state index contributed by atoms with van der Waals surface area (Å²) in [5, 5.41) is 10.6. The van der Waals surface area contributed by atoms with Gasteiger partial charge in [0.25, 0.3) is 0 Å². The highest BCUT2D eigenvalue weighted by atomic mass is 19.1. The molecule has 4 unspecified atom stereocenters. The van der Waals surface area contributed by atoms with Crippen molar-refractivity contribution in [3.05, 3.63) is 95.4 Å². The predicted molar refractivity (Wildman–Crippen MR) is 106 cm³/mol. The van der Waals surface area contributed by atoms with Crippen LogP contribution >= 0.6 is 0 Å². The maximum atomic E-state index is 14.5. The van der Waals surface area contributed by atoms with Crippen molar-refractivity contribution in [2.45, 2.75) is 37.6 Å². The zero-order chi connectivity index (χ0) is 19.3. The average Bonchev–Trinajstić information content (AvgIpc) is 3.39. The van der Waals surface area contributed by atoms with Gasteiger partial charge < -0.3 is 14.3 Å². The third kappa shape index (κ3) is 4.18. The topological polar surface area (TPSA) is 42.6 Å². The number of rotatable bonds is 7. The molecule has 0 radical (unpaired) electrons. The summed E-state index contributed by atoms with van der Waals surface area (Å²) in [6.45, 7) is 0.742. The van der Waals surface area contributed by atoms with Crippen LogP contribution in [0, 0.1) is 5.92 Å². The third-order valence-electron chi connectivity index (χ3n) is 5.67. The van der Waals surface area contributed by atoms with Gasteiger partial charge in [0, 0.05) is 5.92 Å². The first kappa shape index (κ1) is 18.9. The molecule has 1 aromatic heterocycles. The summed E-state index contributed by atoms with van der Waals surface area (Å²) < 4.78 is 25.5. The van der Waals surface area contributed by atoms with Gasteiger partial charge in [-0.1, -0.05) is 54.6 Å². The highest BCUT2D eigenvalue weighted by Crippen LogP contribution is 2.42. The van der Waals surface area contributed by atoms with Crippen LogP contribution in [0.25, 0.3) is 0 Å². The summed E-state index contributed by atoms with van der Waals surface area (Å²) in [6, 6.07) is 21.2. The predicted octanol–water partition coefficient (Wildman–Crippen LogP) is 5.41. The minimum atomic E-state index is -0.851. The largest absolute Gasteiger partial charge is 0.467 e. The zero-order valence-corrected chi connectivity index (χ0v) is 15.7. The Morgan fingerprint density at radius 3 is 2.43 bits per heavy atom. The molecule has 0 amide bonds. The summed E-state index contributed by atoms with van der Waals surface area (Å²) >= 11 is 0. The van der Waals surface area contributed by atoms with Crippen molar-refractivity contribution in [1.82, 2.24) is 0 Å². The van der Waals surface area contributed by atoms with Gasteiger partial charge in [-0.15, -0.1) is 0 Å². The molecule has 3 nitrogen and oxygen atoms in total. The van der Waals surface area contributed by atoms with Gasteiger partial charge in [0.05, 0.1) is 12.9 Å². The number of aliphatic hydroxyl groups is 1. The van der Waals surface area contributed by atoms with E-state index >= 15 is 0 Å². The van der Waals surface area contributed by atoms with E-state index in [1.165, 1.54) is 0 Å². The Bertz CT molecular complexity index is 845. The molecule has 0 bridgehead atoms. The van der Waals surface area contributed by atoms with Gasteiger partial charge in [0.1, 0.15) is 24.6 Å². The van der Waals surface area contributed by atoms with Crippen LogP contribution in [0.1, 0.15) is 47.3 Å². The van der Waals surface area contributed by atoms with Crippen molar-refractivity contribution in [2.24, 2.45) is 5.92 Å². The number of hydrogen-bond acceptors (Lipinski definition) is 3. The molecule has 1 aliphatic carbocycles. The fourth-order valence-electron chi connectivity index (χ4n) is 4.10. The van der Waals surface area contributed by atoms with Crippen molar-refractivity contribution >= 4 is 0 Å². The van der Waals surface area contributed by atoms with E-state index in [4.69, 9.17) is 9.15 Å². The Morgan fingerprint density at radius 1 is 0.964 bits per heavy atom. The minimum absolute atomic E-state index is 0.134. The molecular formula is C24H25FO3. The molecule has 4 rings (SSSR count). The number of alkyl halides is 1. The molecule has 1 fully saturated rings. The average molecular weight is 380 g/mol. The summed E-state index contributed by atoms with van der Waals surface area (Å²) in [7, 11) is 0. The smallest absolute Gasteiger partial charge is 0.129 e. The molecule has 4 atom stereocenters. The van der Waals surface area contributed by atoms with E-state index in [9.17, 15) is 9.50 Å². The second-order valence-corrected chi connectivity index (χ2v) is 7.44. The van der Waals surface area contributed by atoms with Crippen LogP contribution in [-0.2, 0) is 11.3 Å². The van der Waals surface area contributed by atoms with E-state index in [0.29, 0.717) is 19.6 Å². The van der Waals surface area contributed by atoms with Crippen molar-refractivity contribution in [3.63, 3.8) is 0 Å². The Kier molecular flexibility index (Phi) is 5.89. The fraction of sp³-hybridized carbons (Fsp3) is 0.333. The number of aliphatic hydroxyl groups excluding tert-OH is 1. The zero-order valence-electron chi connectivity index (χ0n) is 15.7. The van der Waals surface area contributed by atoms with E-state index in [-0.39, 0.29) is 11.8 Å². The first-order valence-electron chi connectivity index (χ1n) is 9.79. The first-order valence-corrected chi connectivity index (χ1v) is 9.79. The van der Waals surface area contributed by atoms with Crippen LogP contribution in [0.3, 0.4) is 0 Å². The SMILES string of the molecule is OC(c1ccccc1)c1ccc(C2CCC(F)C2COCc2ccco2)cc1. The van der Waals surface area contributed by atoms with E-state index in [0.717, 1.165) is 28.9 Å². The maximum Gasteiger partial charge on any atom is 0.129 e. The third-order valence-corrected chi connectivity index (χ3v) is 5.67. The summed E-state index contributed by atoms with van der Waals surface area (Å²) in [6.07, 6.45) is 1.49. The van der Waals surface area contributed by atoms with E-state index < -0.39 is 12.3 Å². The number of furan rings is 1. The number of benzene rings is 2. The molecule has 2 aromatic carbocycles. The maximum absolute atomic E-state index is 14.5. The fourth-order valence-corrected chi connectivity index (χ4v) is 4.10. The van der Waals surface area contributed by atoms with Crippen LogP contribution in [0.4, 0.5) is 4.39 Å². The van der Waals surface area contributed by atoms with Gasteiger partial charge in [-0.05, 0) is 47.6 Å². The van der Waals surface area contributed by atoms with Crippen molar-refractivity contribution in [1.29, 1.82) is 0 Å². The molecule has 0 aliphatic heterocycles. The molecule has 28 heavy (non-hydrogen) atoms. The Balaban J connectivity index is 1.42. The molecule has 0 saturated heterocycles. The van der Waals surface area contributed by atoms with Gasteiger partial charge in [-0.2, -0.15) is 0 Å². The molecule has 1 N–H and O–H groups in total. The highest BCUT2D eigenvalue weighted by molar-refractivity contribution is 5.33. The Labute approximate surface area is 164 Å². The van der Waals surface area contributed by atoms with Gasteiger partial charge in [0.15, 0.2) is 0 Å². The molecule has 0 spiro atoms. The minimum Gasteiger partial charge on any atom is -0.467 e. The second kappa shape index (κ2) is 8.72. The lowest BCUT2D eigenvalue weighted by Crippen LogP contribution is -2.21. The lowest BCUT2D eigenvalue weighted by atomic mass is 9.88. The van der Waals surface area contributed by atoms with Gasteiger partial charge >= 0.3 is 0 Å². The van der Waals surface area contributed by atoms with Crippen LogP contribution in [0.15, 0.2) is 77.4 Å². The summed E-state index contributed by atoms with van der Waals surface area (Å²) in [5.74, 6) is 0.735. The normalized spacial score (nSPS) is 23.0. The molecule has 1 heterocycles. The van der Waals surface area contributed by atoms with E-state index in [1.807, 2.05) is 66.7 Å². The van der Waals surface area contributed by atoms with E-state index in [2.05, 4.69) is 0 Å². The first-order chi connectivity index (χ1) is 13.7. The number of ether oxygens (including phenoxy) is 1. The summed E-state index contributed by atoms with van der Waals surface area (Å²) in [5.41, 5.74) is 2.82. The monoisotopic (exact) mass is 380 g/mol. The lowest BCUT2D eigenvalue weighted by Gasteiger charge is -2.22. The van der Waals surface area contributed by atoms with Crippen LogP contribution in [-0.4, -0.2) is 17.9 Å². The van der Waals surface area contributed by atoms with Gasteiger partial charge in [0.2, 0.25) is 0 Å². The van der Waals surface area contributed by atoms with Crippen LogP contribution in [0.5, 0.6) is 0 Å². The van der Waals surface area contributed by atoms with E-state index in [1.54, 1.807) is 6.26 Å². The molecule has 146 valence electrons. The van der Waals surface area contributed by atoms with Gasteiger partial charge in [-0.25, -0.2) is 4.39 Å². The van der Waals surface area contributed by atoms with Gasteiger partial charge in [-0.3, -0.25) is 0 Å². The van der Waals surface area contributed by atoms with Crippen molar-refractivity contribution < 1.29 is 18.7 Å². The Hall–Kier alpha value is -2.43. The van der Waals surface area contributed by atoms with Crippen molar-refractivity contribution in [2.75, 3.05) is 6.61 Å². The molecular weight excluding hydrogens is 355 g/mol. The molecule has 1 aliphatic rings. The standard InChI is InChI=1S/C24H25FO3/c25-23-13-12-21(22(23)16-27-15-20-7-4-14-28-20)17-8-10-19(11-9-17)24(26)18-5-2-1-3-6-18/h1-11,14,21-24,26H,12-13,15-16H2. The second-order valence-electron chi connectivity index (χ2n) is 7.44. The number of halogens is 1. The molecule has 1 saturated carbocycles. The lowest BCUT2D eigenvalue weighted by molar-refractivity contribution is 0.0506. The highest BCUT2D eigenvalue weighted by Gasteiger charge is 2.37. The van der Waals surface area contributed by atoms with Crippen LogP contribution < -0.4 is 0 Å². The quantitative estimate of drug-likeness (QED) is 0.596. The Morgan fingerprint density at radius 2 is 1.71 bits per heavy atom. The van der Waals surface area contributed by atoms with Crippen molar-refractivity contribution in [3.8, 4) is 0 Å².